The summed E-state index contributed by atoms with van der Waals surface area (Å²) in [6.45, 7) is 0.547. The molecule has 0 aliphatic heterocycles. The molecule has 0 fully saturated rings. The minimum absolute atomic E-state index is 0. The van der Waals surface area contributed by atoms with E-state index in [2.05, 4.69) is 17.5 Å². The maximum Gasteiger partial charge on any atom is 0.163 e. The van der Waals surface area contributed by atoms with Crippen LogP contribution in [0.1, 0.15) is 6.42 Å². The third-order valence-corrected chi connectivity index (χ3v) is 0.680. The van der Waals surface area contributed by atoms with E-state index >= 15 is 0 Å². The van der Waals surface area contributed by atoms with Crippen molar-refractivity contribution in [2.75, 3.05) is 6.54 Å². The molecule has 0 bridgehead atoms. The Morgan fingerprint density at radius 2 is 2.33 bits per heavy atom. The molecule has 0 rings (SSSR count). The van der Waals surface area contributed by atoms with Crippen molar-refractivity contribution in [3.05, 3.63) is 0 Å². The zero-order chi connectivity index (χ0) is 6.41. The minimum Gasteiger partial charge on any atom is -0.376 e. The number of thiocarbonyl (C=S) groups is 1. The van der Waals surface area contributed by atoms with Gasteiger partial charge in [0.15, 0.2) is 5.11 Å². The second-order valence-electron chi connectivity index (χ2n) is 1.20. The predicted octanol–water partition coefficient (Wildman–Crippen LogP) is 0.155. The summed E-state index contributed by atoms with van der Waals surface area (Å²) in [5, 5.41) is 10.9. The Morgan fingerprint density at radius 1 is 1.78 bits per heavy atom. The highest BCUT2D eigenvalue weighted by atomic mass is 35.5. The van der Waals surface area contributed by atoms with Crippen LogP contribution in [0.2, 0.25) is 0 Å². The maximum absolute atomic E-state index is 8.01. The predicted molar refractivity (Wildman–Crippen MR) is 42.3 cm³/mol. The van der Waals surface area contributed by atoms with Crippen LogP contribution in [0.25, 0.3) is 0 Å². The second-order valence-corrected chi connectivity index (χ2v) is 1.64. The molecule has 0 heterocycles. The first kappa shape index (κ1) is 11.3. The molecule has 3 N–H and O–H groups in total. The van der Waals surface area contributed by atoms with E-state index in [0.29, 0.717) is 13.0 Å². The summed E-state index contributed by atoms with van der Waals surface area (Å²) in [7, 11) is 0. The molecule has 52 valence electrons. The monoisotopic (exact) mass is 165 g/mol. The molecule has 0 radical (unpaired) electrons. The highest BCUT2D eigenvalue weighted by molar-refractivity contribution is 7.80. The Kier molecular flexibility index (Phi) is 9.37. The first-order valence-electron chi connectivity index (χ1n) is 2.17. The van der Waals surface area contributed by atoms with Gasteiger partial charge in [0.25, 0.3) is 0 Å². The molecule has 0 atom stereocenters. The van der Waals surface area contributed by atoms with Crippen molar-refractivity contribution < 1.29 is 0 Å². The fourth-order valence-electron chi connectivity index (χ4n) is 0.242. The van der Waals surface area contributed by atoms with E-state index in [1.165, 1.54) is 0 Å². The molecule has 0 saturated carbocycles. The molecule has 0 aromatic heterocycles. The van der Waals surface area contributed by atoms with Crippen molar-refractivity contribution in [2.24, 2.45) is 5.73 Å². The summed E-state index contributed by atoms with van der Waals surface area (Å²) < 4.78 is 0. The van der Waals surface area contributed by atoms with Gasteiger partial charge in [0.05, 0.1) is 12.5 Å². The van der Waals surface area contributed by atoms with E-state index in [1.807, 2.05) is 6.07 Å². The van der Waals surface area contributed by atoms with Crippen LogP contribution in [0.3, 0.4) is 0 Å². The summed E-state index contributed by atoms with van der Waals surface area (Å²) in [6.07, 6.45) is 0.442. The van der Waals surface area contributed by atoms with Crippen LogP contribution >= 0.6 is 24.6 Å². The van der Waals surface area contributed by atoms with Crippen molar-refractivity contribution in [1.29, 1.82) is 5.26 Å². The van der Waals surface area contributed by atoms with Gasteiger partial charge in [-0.2, -0.15) is 5.26 Å². The highest BCUT2D eigenvalue weighted by Gasteiger charge is 1.82. The standard InChI is InChI=1S/C4H7N3S.ClH/c5-2-1-3-7-4(6)8;/h1,3H2,(H3,6,7,8);1H. The molecular weight excluding hydrogens is 158 g/mol. The molecular formula is C4H8ClN3S. The number of hydrogen-bond donors (Lipinski definition) is 2. The van der Waals surface area contributed by atoms with Gasteiger partial charge in [-0.1, -0.05) is 0 Å². The smallest absolute Gasteiger partial charge is 0.163 e. The zero-order valence-electron chi connectivity index (χ0n) is 4.76. The molecule has 0 aliphatic carbocycles. The summed E-state index contributed by atoms with van der Waals surface area (Å²) in [5.74, 6) is 0. The van der Waals surface area contributed by atoms with E-state index < -0.39 is 0 Å². The summed E-state index contributed by atoms with van der Waals surface area (Å²) in [6, 6.07) is 1.95. The lowest BCUT2D eigenvalue weighted by Gasteiger charge is -1.95. The Morgan fingerprint density at radius 3 is 2.67 bits per heavy atom. The van der Waals surface area contributed by atoms with E-state index in [0.717, 1.165) is 0 Å². The van der Waals surface area contributed by atoms with Crippen molar-refractivity contribution in [3.8, 4) is 6.07 Å². The molecule has 0 unspecified atom stereocenters. The van der Waals surface area contributed by atoms with Crippen LogP contribution in [0.15, 0.2) is 0 Å². The molecule has 0 aliphatic rings. The molecule has 0 amide bonds. The second kappa shape index (κ2) is 7.47. The molecule has 0 spiro atoms. The molecule has 0 saturated heterocycles. The summed E-state index contributed by atoms with van der Waals surface area (Å²) in [5.41, 5.74) is 5.04. The number of halogens is 1. The molecule has 5 heteroatoms. The van der Waals surface area contributed by atoms with Crippen molar-refractivity contribution in [3.63, 3.8) is 0 Å². The average molecular weight is 166 g/mol. The molecule has 3 nitrogen and oxygen atoms in total. The topological polar surface area (TPSA) is 61.8 Å². The number of nitrogens with one attached hydrogen (secondary N) is 1. The average Bonchev–Trinajstić information content (AvgIpc) is 1.66. The van der Waals surface area contributed by atoms with E-state index in [-0.39, 0.29) is 17.5 Å². The van der Waals surface area contributed by atoms with Gasteiger partial charge < -0.3 is 11.1 Å². The van der Waals surface area contributed by atoms with Gasteiger partial charge in [0.1, 0.15) is 0 Å². The lowest BCUT2D eigenvalue weighted by atomic mass is 10.5. The lowest BCUT2D eigenvalue weighted by molar-refractivity contribution is 0.901. The van der Waals surface area contributed by atoms with Gasteiger partial charge in [-0.25, -0.2) is 0 Å². The number of rotatable bonds is 2. The summed E-state index contributed by atoms with van der Waals surface area (Å²) >= 11 is 4.47. The first-order chi connectivity index (χ1) is 3.77. The van der Waals surface area contributed by atoms with Gasteiger partial charge >= 0.3 is 0 Å². The largest absolute Gasteiger partial charge is 0.376 e. The van der Waals surface area contributed by atoms with Gasteiger partial charge in [0, 0.05) is 6.54 Å². The van der Waals surface area contributed by atoms with Gasteiger partial charge in [-0.3, -0.25) is 0 Å². The zero-order valence-corrected chi connectivity index (χ0v) is 6.39. The van der Waals surface area contributed by atoms with Crippen LogP contribution in [0.4, 0.5) is 0 Å². The Bertz CT molecular complexity index is 119. The first-order valence-corrected chi connectivity index (χ1v) is 2.58. The number of hydrogen-bond acceptors (Lipinski definition) is 2. The molecule has 0 aromatic carbocycles. The van der Waals surface area contributed by atoms with Crippen LogP contribution < -0.4 is 11.1 Å². The minimum atomic E-state index is 0. The maximum atomic E-state index is 8.01. The van der Waals surface area contributed by atoms with Crippen LogP contribution in [0.5, 0.6) is 0 Å². The number of nitriles is 1. The molecule has 9 heavy (non-hydrogen) atoms. The normalized spacial score (nSPS) is 6.56. The Hall–Kier alpha value is -0.530. The molecule has 0 aromatic rings. The highest BCUT2D eigenvalue weighted by Crippen LogP contribution is 1.67. The SMILES string of the molecule is Cl.N#CCCNC(N)=S. The van der Waals surface area contributed by atoms with Gasteiger partial charge in [-0.05, 0) is 12.2 Å². The van der Waals surface area contributed by atoms with E-state index in [4.69, 9.17) is 11.0 Å². The van der Waals surface area contributed by atoms with Gasteiger partial charge in [0.2, 0.25) is 0 Å². The quantitative estimate of drug-likeness (QED) is 0.452. The fourth-order valence-corrected chi connectivity index (χ4v) is 0.344. The summed E-state index contributed by atoms with van der Waals surface area (Å²) in [4.78, 5) is 0. The lowest BCUT2D eigenvalue weighted by Crippen LogP contribution is -2.29. The Labute approximate surface area is 65.6 Å². The van der Waals surface area contributed by atoms with Crippen molar-refractivity contribution in [1.82, 2.24) is 5.32 Å². The third kappa shape index (κ3) is 11.2. The van der Waals surface area contributed by atoms with Crippen LogP contribution in [-0.2, 0) is 0 Å². The Balaban J connectivity index is 0. The fraction of sp³-hybridized carbons (Fsp3) is 0.500. The number of nitrogens with two attached hydrogens (primary N) is 1. The van der Waals surface area contributed by atoms with Crippen molar-refractivity contribution >= 4 is 29.7 Å². The van der Waals surface area contributed by atoms with Crippen LogP contribution in [-0.4, -0.2) is 11.7 Å². The van der Waals surface area contributed by atoms with Gasteiger partial charge in [-0.15, -0.1) is 12.4 Å². The third-order valence-electron chi connectivity index (χ3n) is 0.536. The van der Waals surface area contributed by atoms with Crippen LogP contribution in [0, 0.1) is 11.3 Å². The van der Waals surface area contributed by atoms with Crippen molar-refractivity contribution in [2.45, 2.75) is 6.42 Å². The van der Waals surface area contributed by atoms with E-state index in [9.17, 15) is 0 Å². The number of nitrogens with zero attached hydrogens (tertiary/aromatic N) is 1. The van der Waals surface area contributed by atoms with E-state index in [1.54, 1.807) is 0 Å².